The van der Waals surface area contributed by atoms with Gasteiger partial charge in [0, 0.05) is 10.4 Å². The van der Waals surface area contributed by atoms with Crippen molar-refractivity contribution in [3.63, 3.8) is 0 Å². The van der Waals surface area contributed by atoms with Crippen LogP contribution in [0.25, 0.3) is 10.8 Å². The molecule has 2 aromatic carbocycles. The summed E-state index contributed by atoms with van der Waals surface area (Å²) in [7, 11) is 0. The molecule has 0 fully saturated rings. The van der Waals surface area contributed by atoms with Crippen LogP contribution < -0.4 is 10.9 Å². The van der Waals surface area contributed by atoms with E-state index in [1.807, 2.05) is 0 Å². The summed E-state index contributed by atoms with van der Waals surface area (Å²) in [4.78, 5) is 24.3. The molecule has 0 radical (unpaired) electrons. The van der Waals surface area contributed by atoms with Gasteiger partial charge in [-0.2, -0.15) is 5.10 Å². The number of carbonyl (C=O) groups is 1. The maximum atomic E-state index is 12.5. The third kappa shape index (κ3) is 3.15. The van der Waals surface area contributed by atoms with E-state index in [2.05, 4.69) is 15.5 Å². The number of aliphatic hydroxyl groups excluding tert-OH is 1. The molecule has 0 spiro atoms. The minimum Gasteiger partial charge on any atom is -0.394 e. The van der Waals surface area contributed by atoms with Crippen LogP contribution in [0.2, 0.25) is 5.02 Å². The maximum absolute atomic E-state index is 12.5. The molecule has 24 heavy (non-hydrogen) atoms. The molecule has 0 aliphatic carbocycles. The number of H-pyrrole nitrogens is 1. The van der Waals surface area contributed by atoms with Gasteiger partial charge in [-0.15, -0.1) is 0 Å². The summed E-state index contributed by atoms with van der Waals surface area (Å²) in [5, 5.41) is 19.8. The number of aliphatic hydroxyl groups is 1. The van der Waals surface area contributed by atoms with Crippen LogP contribution in [0.1, 0.15) is 22.1 Å². The number of aromatic amines is 1. The minimum absolute atomic E-state index is 0.0950. The van der Waals surface area contributed by atoms with Crippen molar-refractivity contribution in [1.82, 2.24) is 15.5 Å². The van der Waals surface area contributed by atoms with E-state index in [0.29, 0.717) is 21.4 Å². The van der Waals surface area contributed by atoms with E-state index in [4.69, 9.17) is 11.6 Å². The zero-order chi connectivity index (χ0) is 17.1. The van der Waals surface area contributed by atoms with Crippen LogP contribution in [0.15, 0.2) is 53.3 Å². The third-order valence-corrected chi connectivity index (χ3v) is 3.92. The van der Waals surface area contributed by atoms with Gasteiger partial charge in [-0.3, -0.25) is 9.59 Å². The third-order valence-electron chi connectivity index (χ3n) is 3.67. The molecule has 7 heteroatoms. The largest absolute Gasteiger partial charge is 0.394 e. The fraction of sp³-hybridized carbons (Fsp3) is 0.118. The molecule has 0 aliphatic rings. The standard InChI is InChI=1S/C17H14ClN3O3/c18-11-7-5-10(6-8-11)14(9-22)19-17(24)15-12-3-1-2-4-13(12)16(23)21-20-15/h1-8,14,22H,9H2,(H,19,24)(H,21,23). The van der Waals surface area contributed by atoms with Gasteiger partial charge in [0.25, 0.3) is 11.5 Å². The monoisotopic (exact) mass is 343 g/mol. The van der Waals surface area contributed by atoms with Gasteiger partial charge >= 0.3 is 0 Å². The minimum atomic E-state index is -0.609. The topological polar surface area (TPSA) is 95.1 Å². The number of rotatable bonds is 4. The predicted octanol–water partition coefficient (Wildman–Crippen LogP) is 2.04. The van der Waals surface area contributed by atoms with Crippen LogP contribution in [0.3, 0.4) is 0 Å². The fourth-order valence-corrected chi connectivity index (χ4v) is 2.57. The lowest BCUT2D eigenvalue weighted by atomic mass is 10.1. The molecule has 1 heterocycles. The normalized spacial score (nSPS) is 12.1. The number of carbonyl (C=O) groups excluding carboxylic acids is 1. The second kappa shape index (κ2) is 6.82. The highest BCUT2D eigenvalue weighted by atomic mass is 35.5. The first-order chi connectivity index (χ1) is 11.6. The number of hydrogen-bond acceptors (Lipinski definition) is 4. The molecular formula is C17H14ClN3O3. The Kier molecular flexibility index (Phi) is 4.59. The summed E-state index contributed by atoms with van der Waals surface area (Å²) < 4.78 is 0. The summed E-state index contributed by atoms with van der Waals surface area (Å²) in [5.74, 6) is -0.489. The number of benzene rings is 2. The first kappa shape index (κ1) is 16.2. The van der Waals surface area contributed by atoms with Crippen molar-refractivity contribution in [2.45, 2.75) is 6.04 Å². The predicted molar refractivity (Wildman–Crippen MR) is 91.1 cm³/mol. The van der Waals surface area contributed by atoms with Crippen LogP contribution >= 0.6 is 11.6 Å². The zero-order valence-corrected chi connectivity index (χ0v) is 13.2. The van der Waals surface area contributed by atoms with Crippen molar-refractivity contribution >= 4 is 28.3 Å². The number of aromatic nitrogens is 2. The first-order valence-electron chi connectivity index (χ1n) is 7.24. The van der Waals surface area contributed by atoms with Gasteiger partial charge in [0.1, 0.15) is 0 Å². The lowest BCUT2D eigenvalue weighted by Crippen LogP contribution is -2.32. The number of nitrogens with zero attached hydrogens (tertiary/aromatic N) is 1. The molecular weight excluding hydrogens is 330 g/mol. The van der Waals surface area contributed by atoms with Gasteiger partial charge in [-0.25, -0.2) is 5.10 Å². The van der Waals surface area contributed by atoms with Crippen molar-refractivity contribution in [3.05, 3.63) is 75.2 Å². The highest BCUT2D eigenvalue weighted by Crippen LogP contribution is 2.18. The van der Waals surface area contributed by atoms with E-state index in [9.17, 15) is 14.7 Å². The van der Waals surface area contributed by atoms with Crippen molar-refractivity contribution < 1.29 is 9.90 Å². The lowest BCUT2D eigenvalue weighted by Gasteiger charge is -2.17. The van der Waals surface area contributed by atoms with Gasteiger partial charge in [0.05, 0.1) is 18.0 Å². The summed E-state index contributed by atoms with van der Waals surface area (Å²) in [6.07, 6.45) is 0. The molecule has 0 saturated carbocycles. The number of amides is 1. The van der Waals surface area contributed by atoms with Gasteiger partial charge in [0.2, 0.25) is 0 Å². The molecule has 3 N–H and O–H groups in total. The number of nitrogens with one attached hydrogen (secondary N) is 2. The summed E-state index contributed by atoms with van der Waals surface area (Å²) in [6, 6.07) is 12.9. The number of halogens is 1. The lowest BCUT2D eigenvalue weighted by molar-refractivity contribution is 0.0912. The Morgan fingerprint density at radius 3 is 2.50 bits per heavy atom. The zero-order valence-electron chi connectivity index (χ0n) is 12.5. The fourth-order valence-electron chi connectivity index (χ4n) is 2.44. The molecule has 122 valence electrons. The molecule has 1 amide bonds. The van der Waals surface area contributed by atoms with Gasteiger partial charge in [-0.05, 0) is 23.8 Å². The van der Waals surface area contributed by atoms with Crippen molar-refractivity contribution in [2.24, 2.45) is 0 Å². The summed E-state index contributed by atoms with van der Waals surface area (Å²) in [5.41, 5.74) is 0.445. The Balaban J connectivity index is 1.93. The van der Waals surface area contributed by atoms with E-state index >= 15 is 0 Å². The number of hydrogen-bond donors (Lipinski definition) is 3. The molecule has 1 aromatic heterocycles. The number of fused-ring (bicyclic) bond motifs is 1. The van der Waals surface area contributed by atoms with Gasteiger partial charge < -0.3 is 10.4 Å². The molecule has 1 unspecified atom stereocenters. The van der Waals surface area contributed by atoms with E-state index < -0.39 is 11.9 Å². The molecule has 6 nitrogen and oxygen atoms in total. The average molecular weight is 344 g/mol. The molecule has 0 bridgehead atoms. The summed E-state index contributed by atoms with van der Waals surface area (Å²) in [6.45, 7) is -0.283. The van der Waals surface area contributed by atoms with Gasteiger partial charge in [-0.1, -0.05) is 41.9 Å². The Labute approximate surface area is 142 Å². The van der Waals surface area contributed by atoms with Crippen molar-refractivity contribution in [3.8, 4) is 0 Å². The molecule has 3 rings (SSSR count). The van der Waals surface area contributed by atoms with E-state index in [1.165, 1.54) is 0 Å². The SMILES string of the molecule is O=C(NC(CO)c1ccc(Cl)cc1)c1n[nH]c(=O)c2ccccc12. The van der Waals surface area contributed by atoms with Gasteiger partial charge in [0.15, 0.2) is 5.69 Å². The van der Waals surface area contributed by atoms with Crippen LogP contribution in [0.5, 0.6) is 0 Å². The molecule has 3 aromatic rings. The van der Waals surface area contributed by atoms with E-state index in [0.717, 1.165) is 0 Å². The van der Waals surface area contributed by atoms with E-state index in [-0.39, 0.29) is 17.9 Å². The average Bonchev–Trinajstić information content (AvgIpc) is 2.61. The molecule has 0 aliphatic heterocycles. The van der Waals surface area contributed by atoms with Crippen molar-refractivity contribution in [1.29, 1.82) is 0 Å². The van der Waals surface area contributed by atoms with Crippen LogP contribution in [0, 0.1) is 0 Å². The Bertz CT molecular complexity index is 938. The Morgan fingerprint density at radius 1 is 1.17 bits per heavy atom. The Hall–Kier alpha value is -2.70. The molecule has 0 saturated heterocycles. The van der Waals surface area contributed by atoms with Crippen LogP contribution in [0.4, 0.5) is 0 Å². The molecule has 1 atom stereocenters. The highest BCUT2D eigenvalue weighted by molar-refractivity contribution is 6.30. The van der Waals surface area contributed by atoms with Crippen LogP contribution in [-0.4, -0.2) is 27.8 Å². The van der Waals surface area contributed by atoms with Crippen LogP contribution in [-0.2, 0) is 0 Å². The quantitative estimate of drug-likeness (QED) is 0.675. The second-order valence-electron chi connectivity index (χ2n) is 5.21. The second-order valence-corrected chi connectivity index (χ2v) is 5.64. The smallest absolute Gasteiger partial charge is 0.272 e. The Morgan fingerprint density at radius 2 is 1.83 bits per heavy atom. The highest BCUT2D eigenvalue weighted by Gasteiger charge is 2.19. The van der Waals surface area contributed by atoms with Crippen molar-refractivity contribution in [2.75, 3.05) is 6.61 Å². The maximum Gasteiger partial charge on any atom is 0.272 e. The van der Waals surface area contributed by atoms with E-state index in [1.54, 1.807) is 48.5 Å². The first-order valence-corrected chi connectivity index (χ1v) is 7.62. The summed E-state index contributed by atoms with van der Waals surface area (Å²) >= 11 is 5.85.